The molecule has 164 valence electrons. The molecule has 0 bridgehead atoms. The van der Waals surface area contributed by atoms with Gasteiger partial charge in [0.2, 0.25) is 0 Å². The highest BCUT2D eigenvalue weighted by Crippen LogP contribution is 2.26. The molecule has 2 aromatic carbocycles. The maximum Gasteiger partial charge on any atom is 0.251 e. The van der Waals surface area contributed by atoms with Gasteiger partial charge in [-0.3, -0.25) is 4.79 Å². The molecule has 1 amide bonds. The highest BCUT2D eigenvalue weighted by molar-refractivity contribution is 5.94. The number of amides is 1. The van der Waals surface area contributed by atoms with Gasteiger partial charge in [0.25, 0.3) is 5.91 Å². The first-order chi connectivity index (χ1) is 15.6. The van der Waals surface area contributed by atoms with E-state index in [9.17, 15) is 9.18 Å². The number of para-hydroxylation sites is 1. The Labute approximate surface area is 184 Å². The summed E-state index contributed by atoms with van der Waals surface area (Å²) < 4.78 is 20.3. The molecule has 0 unspecified atom stereocenters. The number of anilines is 1. The number of ether oxygens (including phenoxy) is 1. The summed E-state index contributed by atoms with van der Waals surface area (Å²) in [6.45, 7) is 2.89. The van der Waals surface area contributed by atoms with Gasteiger partial charge in [-0.05, 0) is 37.3 Å². The fraction of sp³-hybridized carbons (Fsp3) is 0.217. The smallest absolute Gasteiger partial charge is 0.251 e. The Morgan fingerprint density at radius 3 is 2.66 bits per heavy atom. The van der Waals surface area contributed by atoms with Gasteiger partial charge in [0.1, 0.15) is 18.2 Å². The molecule has 2 N–H and O–H groups in total. The zero-order valence-corrected chi connectivity index (χ0v) is 17.8. The first-order valence-electron chi connectivity index (χ1n) is 10.1. The van der Waals surface area contributed by atoms with Crippen LogP contribution in [0.5, 0.6) is 0 Å². The van der Waals surface area contributed by atoms with E-state index in [0.29, 0.717) is 30.4 Å². The Bertz CT molecular complexity index is 1240. The highest BCUT2D eigenvalue weighted by Gasteiger charge is 2.17. The van der Waals surface area contributed by atoms with Crippen molar-refractivity contribution in [3.8, 4) is 5.69 Å². The maximum atomic E-state index is 13.3. The Balaban J connectivity index is 1.55. The second-order valence-corrected chi connectivity index (χ2v) is 7.15. The van der Waals surface area contributed by atoms with Gasteiger partial charge in [-0.25, -0.2) is 19.0 Å². The summed E-state index contributed by atoms with van der Waals surface area (Å²) in [6.07, 6.45) is 0. The van der Waals surface area contributed by atoms with Crippen LogP contribution in [0.1, 0.15) is 21.9 Å². The molecule has 2 aromatic heterocycles. The second kappa shape index (κ2) is 9.52. The van der Waals surface area contributed by atoms with Gasteiger partial charge >= 0.3 is 0 Å². The second-order valence-electron chi connectivity index (χ2n) is 7.15. The lowest BCUT2D eigenvalue weighted by atomic mass is 10.2. The SMILES string of the molecule is COCc1nc(NCCNC(=O)c2cccc(F)c2)c2c(C)nn(-c3ccccc3)c2n1. The number of hydrogen-bond donors (Lipinski definition) is 2. The van der Waals surface area contributed by atoms with Gasteiger partial charge in [-0.2, -0.15) is 5.10 Å². The largest absolute Gasteiger partial charge is 0.377 e. The molecule has 8 nitrogen and oxygen atoms in total. The Kier molecular flexibility index (Phi) is 6.37. The summed E-state index contributed by atoms with van der Waals surface area (Å²) >= 11 is 0. The lowest BCUT2D eigenvalue weighted by Crippen LogP contribution is -2.29. The van der Waals surface area contributed by atoms with E-state index in [-0.39, 0.29) is 18.1 Å². The van der Waals surface area contributed by atoms with E-state index in [1.165, 1.54) is 18.2 Å². The molecule has 0 saturated carbocycles. The van der Waals surface area contributed by atoms with Crippen LogP contribution in [0, 0.1) is 12.7 Å². The average molecular weight is 434 g/mol. The molecule has 0 aliphatic heterocycles. The van der Waals surface area contributed by atoms with Gasteiger partial charge in [0.15, 0.2) is 11.5 Å². The van der Waals surface area contributed by atoms with Crippen LogP contribution in [-0.4, -0.2) is 45.9 Å². The van der Waals surface area contributed by atoms with E-state index in [1.54, 1.807) is 17.9 Å². The topological polar surface area (TPSA) is 94.0 Å². The molecule has 0 fully saturated rings. The van der Waals surface area contributed by atoms with Gasteiger partial charge in [-0.1, -0.05) is 24.3 Å². The number of hydrogen-bond acceptors (Lipinski definition) is 6. The monoisotopic (exact) mass is 434 g/mol. The van der Waals surface area contributed by atoms with Crippen LogP contribution in [0.4, 0.5) is 10.2 Å². The Morgan fingerprint density at radius 2 is 1.91 bits per heavy atom. The van der Waals surface area contributed by atoms with Gasteiger partial charge in [-0.15, -0.1) is 0 Å². The summed E-state index contributed by atoms with van der Waals surface area (Å²) in [5, 5.41) is 11.5. The average Bonchev–Trinajstić information content (AvgIpc) is 3.14. The number of halogens is 1. The third kappa shape index (κ3) is 4.57. The summed E-state index contributed by atoms with van der Waals surface area (Å²) in [5.74, 6) is 0.341. The van der Waals surface area contributed by atoms with Crippen LogP contribution in [0.25, 0.3) is 16.7 Å². The zero-order chi connectivity index (χ0) is 22.5. The molecule has 0 atom stereocenters. The number of fused-ring (bicyclic) bond motifs is 1. The van der Waals surface area contributed by atoms with E-state index < -0.39 is 5.82 Å². The van der Waals surface area contributed by atoms with Crippen molar-refractivity contribution in [3.05, 3.63) is 77.5 Å². The van der Waals surface area contributed by atoms with E-state index >= 15 is 0 Å². The summed E-state index contributed by atoms with van der Waals surface area (Å²) in [4.78, 5) is 21.4. The molecule has 4 aromatic rings. The Morgan fingerprint density at radius 1 is 1.09 bits per heavy atom. The van der Waals surface area contributed by atoms with Crippen LogP contribution in [0.2, 0.25) is 0 Å². The van der Waals surface area contributed by atoms with Crippen LogP contribution < -0.4 is 10.6 Å². The number of carbonyl (C=O) groups excluding carboxylic acids is 1. The summed E-state index contributed by atoms with van der Waals surface area (Å²) in [7, 11) is 1.59. The number of benzene rings is 2. The van der Waals surface area contributed by atoms with E-state index in [4.69, 9.17) is 4.74 Å². The zero-order valence-electron chi connectivity index (χ0n) is 17.8. The third-order valence-electron chi connectivity index (χ3n) is 4.81. The van der Waals surface area contributed by atoms with Gasteiger partial charge < -0.3 is 15.4 Å². The molecule has 0 aliphatic carbocycles. The van der Waals surface area contributed by atoms with E-state index in [2.05, 4.69) is 25.7 Å². The first-order valence-corrected chi connectivity index (χ1v) is 10.1. The van der Waals surface area contributed by atoms with Gasteiger partial charge in [0, 0.05) is 25.8 Å². The van der Waals surface area contributed by atoms with Gasteiger partial charge in [0.05, 0.1) is 16.8 Å². The minimum Gasteiger partial charge on any atom is -0.377 e. The summed E-state index contributed by atoms with van der Waals surface area (Å²) in [5.41, 5.74) is 2.61. The number of aryl methyl sites for hydroxylation is 1. The molecule has 4 rings (SSSR count). The molecule has 0 spiro atoms. The number of nitrogens with one attached hydrogen (secondary N) is 2. The lowest BCUT2D eigenvalue weighted by Gasteiger charge is -2.11. The van der Waals surface area contributed by atoms with Crippen molar-refractivity contribution in [3.63, 3.8) is 0 Å². The molecule has 0 aliphatic rings. The van der Waals surface area contributed by atoms with Crippen LogP contribution in [0.3, 0.4) is 0 Å². The quantitative estimate of drug-likeness (QED) is 0.414. The molecule has 9 heteroatoms. The van der Waals surface area contributed by atoms with Crippen molar-refractivity contribution in [2.45, 2.75) is 13.5 Å². The predicted molar refractivity (Wildman–Crippen MR) is 119 cm³/mol. The normalized spacial score (nSPS) is 11.0. The molecule has 32 heavy (non-hydrogen) atoms. The van der Waals surface area contributed by atoms with Crippen LogP contribution in [-0.2, 0) is 11.3 Å². The first kappa shape index (κ1) is 21.4. The van der Waals surface area contributed by atoms with E-state index in [0.717, 1.165) is 16.8 Å². The van der Waals surface area contributed by atoms with Crippen molar-refractivity contribution < 1.29 is 13.9 Å². The van der Waals surface area contributed by atoms with E-state index in [1.807, 2.05) is 37.3 Å². The molecule has 2 heterocycles. The maximum absolute atomic E-state index is 13.3. The van der Waals surface area contributed by atoms with Crippen LogP contribution in [0.15, 0.2) is 54.6 Å². The number of carbonyl (C=O) groups is 1. The van der Waals surface area contributed by atoms with Crippen molar-refractivity contribution in [1.82, 2.24) is 25.1 Å². The Hall–Kier alpha value is -3.85. The minimum absolute atomic E-state index is 0.250. The highest BCUT2D eigenvalue weighted by atomic mass is 19.1. The van der Waals surface area contributed by atoms with Crippen molar-refractivity contribution in [1.29, 1.82) is 0 Å². The fourth-order valence-electron chi connectivity index (χ4n) is 3.39. The van der Waals surface area contributed by atoms with Crippen LogP contribution >= 0.6 is 0 Å². The minimum atomic E-state index is -0.448. The standard InChI is InChI=1S/C23H23FN6O2/c1-15-20-21(25-11-12-26-23(31)16-7-6-8-17(24)13-16)27-19(14-32-2)28-22(20)30(29-15)18-9-4-3-5-10-18/h3-10,13H,11-12,14H2,1-2H3,(H,26,31)(H,25,27,28). The number of methoxy groups -OCH3 is 1. The molecular weight excluding hydrogens is 411 g/mol. The predicted octanol–water partition coefficient (Wildman–Crippen LogP) is 3.25. The molecular formula is C23H23FN6O2. The number of rotatable bonds is 8. The fourth-order valence-corrected chi connectivity index (χ4v) is 3.39. The van der Waals surface area contributed by atoms with Crippen molar-refractivity contribution >= 4 is 22.8 Å². The third-order valence-corrected chi connectivity index (χ3v) is 4.81. The van der Waals surface area contributed by atoms with Crippen molar-refractivity contribution in [2.75, 3.05) is 25.5 Å². The molecule has 0 radical (unpaired) electrons. The number of nitrogens with zero attached hydrogens (tertiary/aromatic N) is 4. The lowest BCUT2D eigenvalue weighted by molar-refractivity contribution is 0.0954. The number of aromatic nitrogens is 4. The summed E-state index contributed by atoms with van der Waals surface area (Å²) in [6, 6.07) is 15.3. The van der Waals surface area contributed by atoms with Crippen molar-refractivity contribution in [2.24, 2.45) is 0 Å². The molecule has 0 saturated heterocycles.